The number of nitrogens with zero attached hydrogens (tertiary/aromatic N) is 1. The fourth-order valence-corrected chi connectivity index (χ4v) is 4.52. The highest BCUT2D eigenvalue weighted by Crippen LogP contribution is 2.27. The molecule has 1 aromatic heterocycles. The molecule has 0 aromatic carbocycles. The maximum absolute atomic E-state index is 12.8. The number of hydrogen-bond donors (Lipinski definition) is 0. The van der Waals surface area contributed by atoms with E-state index in [0.717, 1.165) is 18.5 Å². The second-order valence-corrected chi connectivity index (χ2v) is 11.0. The molecule has 142 valence electrons. The number of rotatable bonds is 6. The number of ether oxygens (including phenoxy) is 1. The Labute approximate surface area is 150 Å². The molecule has 1 saturated heterocycles. The fraction of sp³-hybridized carbons (Fsp3) is 0.778. The van der Waals surface area contributed by atoms with Crippen LogP contribution < -0.4 is 0 Å². The molecule has 1 fully saturated rings. The van der Waals surface area contributed by atoms with Gasteiger partial charge in [-0.15, -0.1) is 0 Å². The van der Waals surface area contributed by atoms with Gasteiger partial charge in [0.25, 0.3) is 0 Å². The number of Topliss-reactive ketones (excluding diaryl/α,β-unsaturated/α-hetero) is 1. The van der Waals surface area contributed by atoms with Gasteiger partial charge in [-0.25, -0.2) is 8.42 Å². The van der Waals surface area contributed by atoms with E-state index in [1.54, 1.807) is 6.07 Å². The van der Waals surface area contributed by atoms with Crippen molar-refractivity contribution in [2.24, 2.45) is 5.92 Å². The highest BCUT2D eigenvalue weighted by molar-refractivity contribution is 7.93. The lowest BCUT2D eigenvalue weighted by Gasteiger charge is -2.28. The maximum atomic E-state index is 12.8. The average molecular weight is 371 g/mol. The molecule has 0 N–H and O–H groups in total. The van der Waals surface area contributed by atoms with Crippen LogP contribution in [0.25, 0.3) is 0 Å². The summed E-state index contributed by atoms with van der Waals surface area (Å²) >= 11 is 0. The zero-order valence-electron chi connectivity index (χ0n) is 15.8. The molecule has 2 rings (SSSR count). The normalized spacial score (nSPS) is 17.6. The van der Waals surface area contributed by atoms with Gasteiger partial charge in [-0.05, 0) is 32.6 Å². The van der Waals surface area contributed by atoms with Crippen LogP contribution in [0.5, 0.6) is 0 Å². The molecule has 0 unspecified atom stereocenters. The van der Waals surface area contributed by atoms with Crippen molar-refractivity contribution in [3.63, 3.8) is 0 Å². The summed E-state index contributed by atoms with van der Waals surface area (Å²) in [6.07, 6.45) is 1.38. The topological polar surface area (TPSA) is 86.5 Å². The maximum Gasteiger partial charge on any atom is 0.162 e. The summed E-state index contributed by atoms with van der Waals surface area (Å²) in [5.74, 6) is 0.127. The van der Waals surface area contributed by atoms with Crippen molar-refractivity contribution in [2.75, 3.05) is 19.0 Å². The summed E-state index contributed by atoms with van der Waals surface area (Å²) in [5.41, 5.74) is 0.563. The van der Waals surface area contributed by atoms with Crippen molar-refractivity contribution in [2.45, 2.75) is 64.0 Å². The van der Waals surface area contributed by atoms with Gasteiger partial charge in [-0.1, -0.05) is 25.9 Å². The van der Waals surface area contributed by atoms with Gasteiger partial charge in [0, 0.05) is 24.7 Å². The van der Waals surface area contributed by atoms with E-state index in [-0.39, 0.29) is 29.3 Å². The third kappa shape index (κ3) is 4.70. The van der Waals surface area contributed by atoms with E-state index in [2.05, 4.69) is 5.16 Å². The molecule has 2 heterocycles. The van der Waals surface area contributed by atoms with Crippen LogP contribution >= 0.6 is 0 Å². The number of aromatic nitrogens is 1. The van der Waals surface area contributed by atoms with E-state index in [4.69, 9.17) is 9.26 Å². The molecular formula is C18H29NO5S. The molecule has 1 aliphatic heterocycles. The van der Waals surface area contributed by atoms with E-state index < -0.39 is 14.6 Å². The number of ketones is 1. The van der Waals surface area contributed by atoms with Crippen LogP contribution in [0.2, 0.25) is 0 Å². The first kappa shape index (κ1) is 20.1. The Bertz CT molecular complexity index is 706. The van der Waals surface area contributed by atoms with Gasteiger partial charge in [-0.2, -0.15) is 0 Å². The van der Waals surface area contributed by atoms with Gasteiger partial charge in [0.1, 0.15) is 10.5 Å². The van der Waals surface area contributed by atoms with Crippen LogP contribution in [0.4, 0.5) is 0 Å². The number of sulfone groups is 1. The number of carbonyl (C=O) groups is 1. The highest BCUT2D eigenvalue weighted by atomic mass is 32.2. The van der Waals surface area contributed by atoms with Crippen LogP contribution in [-0.4, -0.2) is 43.1 Å². The summed E-state index contributed by atoms with van der Waals surface area (Å²) < 4.78 is 34.7. The summed E-state index contributed by atoms with van der Waals surface area (Å²) in [4.78, 5) is 12.7. The Balaban J connectivity index is 2.09. The Morgan fingerprint density at radius 1 is 1.20 bits per heavy atom. The zero-order chi connectivity index (χ0) is 18.9. The molecular weight excluding hydrogens is 342 g/mol. The van der Waals surface area contributed by atoms with Gasteiger partial charge in [0.15, 0.2) is 15.6 Å². The van der Waals surface area contributed by atoms with Gasteiger partial charge in [0.05, 0.1) is 17.9 Å². The van der Waals surface area contributed by atoms with Crippen LogP contribution in [0.15, 0.2) is 10.6 Å². The number of hydrogen-bond acceptors (Lipinski definition) is 6. The van der Waals surface area contributed by atoms with E-state index in [1.807, 2.05) is 20.8 Å². The Morgan fingerprint density at radius 3 is 2.32 bits per heavy atom. The third-order valence-electron chi connectivity index (χ3n) is 4.91. The van der Waals surface area contributed by atoms with Crippen LogP contribution in [0, 0.1) is 5.92 Å². The van der Waals surface area contributed by atoms with Crippen molar-refractivity contribution < 1.29 is 22.5 Å². The summed E-state index contributed by atoms with van der Waals surface area (Å²) in [6, 6.07) is 1.74. The van der Waals surface area contributed by atoms with E-state index >= 15 is 0 Å². The van der Waals surface area contributed by atoms with Crippen molar-refractivity contribution in [3.05, 3.63) is 17.5 Å². The SMILES string of the molecule is CC(C)(C)c1cc(CC(=O)C(C)(C)S(=O)(=O)CC2CCOCC2)on1. The Morgan fingerprint density at radius 2 is 1.80 bits per heavy atom. The molecule has 0 saturated carbocycles. The lowest BCUT2D eigenvalue weighted by Crippen LogP contribution is -2.44. The first-order valence-corrected chi connectivity index (χ1v) is 10.4. The summed E-state index contributed by atoms with van der Waals surface area (Å²) in [7, 11) is -3.57. The molecule has 25 heavy (non-hydrogen) atoms. The Hall–Kier alpha value is -1.21. The largest absolute Gasteiger partial charge is 0.381 e. The molecule has 7 heteroatoms. The van der Waals surface area contributed by atoms with E-state index in [1.165, 1.54) is 13.8 Å². The molecule has 0 aliphatic carbocycles. The monoisotopic (exact) mass is 371 g/mol. The Kier molecular flexibility index (Phi) is 5.78. The minimum Gasteiger partial charge on any atom is -0.381 e. The van der Waals surface area contributed by atoms with Crippen LogP contribution in [0.1, 0.15) is 58.9 Å². The van der Waals surface area contributed by atoms with E-state index in [9.17, 15) is 13.2 Å². The molecule has 6 nitrogen and oxygen atoms in total. The standard InChI is InChI=1S/C18H29NO5S/c1-17(2,3)15-10-14(24-19-15)11-16(20)18(4,5)25(21,22)12-13-6-8-23-9-7-13/h10,13H,6-9,11-12H2,1-5H3. The molecule has 0 radical (unpaired) electrons. The second kappa shape index (κ2) is 7.19. The van der Waals surface area contributed by atoms with Crippen molar-refractivity contribution in [1.82, 2.24) is 5.16 Å². The quantitative estimate of drug-likeness (QED) is 0.764. The predicted molar refractivity (Wildman–Crippen MR) is 95.3 cm³/mol. The number of carbonyl (C=O) groups excluding carboxylic acids is 1. The lowest BCUT2D eigenvalue weighted by atomic mass is 9.92. The molecule has 0 bridgehead atoms. The zero-order valence-corrected chi connectivity index (χ0v) is 16.6. The third-order valence-corrected chi connectivity index (χ3v) is 7.60. The fourth-order valence-electron chi connectivity index (χ4n) is 2.73. The molecule has 1 aliphatic rings. The molecule has 0 atom stereocenters. The first-order valence-electron chi connectivity index (χ1n) is 8.73. The molecule has 1 aromatic rings. The van der Waals surface area contributed by atoms with Gasteiger partial charge in [0.2, 0.25) is 0 Å². The van der Waals surface area contributed by atoms with Crippen LogP contribution in [-0.2, 0) is 31.2 Å². The minimum absolute atomic E-state index is 0.0265. The van der Waals surface area contributed by atoms with Crippen LogP contribution in [0.3, 0.4) is 0 Å². The van der Waals surface area contributed by atoms with Gasteiger partial charge < -0.3 is 9.26 Å². The van der Waals surface area contributed by atoms with Gasteiger partial charge >= 0.3 is 0 Å². The molecule has 0 amide bonds. The minimum atomic E-state index is -3.57. The van der Waals surface area contributed by atoms with Gasteiger partial charge in [-0.3, -0.25) is 4.79 Å². The summed E-state index contributed by atoms with van der Waals surface area (Å²) in [5, 5.41) is 3.99. The highest BCUT2D eigenvalue weighted by Gasteiger charge is 2.42. The van der Waals surface area contributed by atoms with Crippen molar-refractivity contribution in [1.29, 1.82) is 0 Å². The van der Waals surface area contributed by atoms with Crippen molar-refractivity contribution >= 4 is 15.6 Å². The molecule has 0 spiro atoms. The smallest absolute Gasteiger partial charge is 0.162 e. The second-order valence-electron chi connectivity index (χ2n) is 8.38. The first-order chi connectivity index (χ1) is 11.4. The lowest BCUT2D eigenvalue weighted by molar-refractivity contribution is -0.120. The van der Waals surface area contributed by atoms with Crippen molar-refractivity contribution in [3.8, 4) is 0 Å². The van der Waals surface area contributed by atoms with E-state index in [0.29, 0.717) is 19.0 Å². The predicted octanol–water partition coefficient (Wildman–Crippen LogP) is 2.70. The summed E-state index contributed by atoms with van der Waals surface area (Å²) in [6.45, 7) is 10.1. The average Bonchev–Trinajstić information content (AvgIpc) is 2.96.